The number of pyridine rings is 2. The zero-order valence-corrected chi connectivity index (χ0v) is 26.0. The maximum atomic E-state index is 14.2. The van der Waals surface area contributed by atoms with E-state index in [2.05, 4.69) is 9.97 Å². The number of anilines is 1. The van der Waals surface area contributed by atoms with Gasteiger partial charge in [-0.2, -0.15) is 13.2 Å². The number of halogens is 3. The maximum absolute atomic E-state index is 14.2. The topological polar surface area (TPSA) is 193 Å². The minimum absolute atomic E-state index is 0.109. The molecule has 4 heterocycles. The number of urea groups is 1. The number of carbonyl (C=O) groups is 6. The third kappa shape index (κ3) is 5.46. The summed E-state index contributed by atoms with van der Waals surface area (Å²) < 4.78 is 42.6. The number of carbonyl (C=O) groups excluding carboxylic acids is 5. The van der Waals surface area contributed by atoms with E-state index in [1.54, 1.807) is 24.4 Å². The molecule has 3 aliphatic rings. The molecule has 6 atom stereocenters. The molecule has 1 spiro atoms. The Morgan fingerprint density at radius 3 is 2.20 bits per heavy atom. The van der Waals surface area contributed by atoms with Crippen molar-refractivity contribution in [3.63, 3.8) is 0 Å². The Morgan fingerprint density at radius 2 is 1.67 bits per heavy atom. The second kappa shape index (κ2) is 11.8. The first kappa shape index (κ1) is 33.2. The average Bonchev–Trinajstić information content (AvgIpc) is 3.59. The van der Waals surface area contributed by atoms with Crippen LogP contribution in [-0.4, -0.2) is 78.1 Å². The van der Waals surface area contributed by atoms with Gasteiger partial charge in [0.25, 0.3) is 0 Å². The van der Waals surface area contributed by atoms with Crippen molar-refractivity contribution in [3.8, 4) is 11.3 Å². The average molecular weight is 679 g/mol. The van der Waals surface area contributed by atoms with Crippen LogP contribution in [0.1, 0.15) is 36.6 Å². The van der Waals surface area contributed by atoms with Crippen LogP contribution < -0.4 is 11.1 Å². The molecule has 2 aliphatic heterocycles. The first-order valence-corrected chi connectivity index (χ1v) is 15.1. The zero-order valence-electron chi connectivity index (χ0n) is 26.0. The fraction of sp³-hybridized carbons (Fsp3) is 0.333. The molecule has 13 nitrogen and oxygen atoms in total. The SMILES string of the molecule is CC(=O)N1C(=O)[C@H](Cc2ccc(-c3ccc([C@H](NC(=O)N4C(=O)[C@H](Cc5ccnc(N)c5)[C@H]4C(=O)O)C(F)(F)F)cc3)nc2)C12C(=O)C2C. The number of ketones is 1. The molecular formula is C33H29F3N6O7. The Hall–Kier alpha value is -5.67. The number of alkyl halides is 3. The molecule has 2 unspecified atom stereocenters. The van der Waals surface area contributed by atoms with Gasteiger partial charge in [-0.1, -0.05) is 37.3 Å². The number of hydrogen-bond acceptors (Lipinski definition) is 9. The van der Waals surface area contributed by atoms with E-state index in [4.69, 9.17) is 5.73 Å². The number of carboxylic acids is 1. The molecule has 1 aromatic carbocycles. The minimum Gasteiger partial charge on any atom is -0.480 e. The van der Waals surface area contributed by atoms with Crippen molar-refractivity contribution in [2.45, 2.75) is 50.5 Å². The normalized spacial score (nSPS) is 25.0. The Labute approximate surface area is 276 Å². The number of nitrogens with two attached hydrogens (primary N) is 1. The van der Waals surface area contributed by atoms with E-state index in [1.165, 1.54) is 43.6 Å². The maximum Gasteiger partial charge on any atom is 0.412 e. The highest BCUT2D eigenvalue weighted by molar-refractivity contribution is 6.23. The number of β-lactam (4-membered cyclic amide) rings is 2. The molecule has 5 amide bonds. The molecule has 16 heteroatoms. The van der Waals surface area contributed by atoms with Gasteiger partial charge in [-0.15, -0.1) is 0 Å². The number of Topliss-reactive ketones (excluding diaryl/α,β-unsaturated/α-hetero) is 1. The molecule has 1 saturated carbocycles. The van der Waals surface area contributed by atoms with Gasteiger partial charge in [0, 0.05) is 30.8 Å². The van der Waals surface area contributed by atoms with Crippen LogP contribution in [0.5, 0.6) is 0 Å². The van der Waals surface area contributed by atoms with Gasteiger partial charge in [-0.25, -0.2) is 19.5 Å². The summed E-state index contributed by atoms with van der Waals surface area (Å²) in [6.07, 6.45) is -2.10. The van der Waals surface area contributed by atoms with Gasteiger partial charge in [0.2, 0.25) is 17.7 Å². The smallest absolute Gasteiger partial charge is 0.412 e. The highest BCUT2D eigenvalue weighted by atomic mass is 19.4. The van der Waals surface area contributed by atoms with Gasteiger partial charge in [0.1, 0.15) is 11.4 Å². The molecule has 2 aromatic heterocycles. The number of nitrogens with zero attached hydrogens (tertiary/aromatic N) is 4. The Bertz CT molecular complexity index is 1900. The lowest BCUT2D eigenvalue weighted by molar-refractivity contribution is -0.170. The fourth-order valence-corrected chi connectivity index (χ4v) is 6.98. The summed E-state index contributed by atoms with van der Waals surface area (Å²) in [4.78, 5) is 84.2. The van der Waals surface area contributed by atoms with Crippen LogP contribution in [0.25, 0.3) is 11.3 Å². The zero-order chi connectivity index (χ0) is 35.6. The molecular weight excluding hydrogens is 649 g/mol. The predicted octanol–water partition coefficient (Wildman–Crippen LogP) is 2.70. The summed E-state index contributed by atoms with van der Waals surface area (Å²) in [5, 5.41) is 11.5. The molecule has 3 fully saturated rings. The number of hydrogen-bond donors (Lipinski definition) is 3. The van der Waals surface area contributed by atoms with E-state index in [9.17, 15) is 47.0 Å². The summed E-state index contributed by atoms with van der Waals surface area (Å²) in [6.45, 7) is 2.91. The number of aliphatic carboxylic acids is 1. The third-order valence-corrected chi connectivity index (χ3v) is 9.49. The highest BCUT2D eigenvalue weighted by Gasteiger charge is 2.80. The molecule has 2 saturated heterocycles. The molecule has 0 bridgehead atoms. The molecule has 0 radical (unpaired) electrons. The van der Waals surface area contributed by atoms with Crippen molar-refractivity contribution in [1.29, 1.82) is 0 Å². The summed E-state index contributed by atoms with van der Waals surface area (Å²) in [7, 11) is 0. The number of carboxylic acid groups (broad SMARTS) is 1. The van der Waals surface area contributed by atoms with Crippen LogP contribution in [0.4, 0.5) is 23.8 Å². The number of nitrogen functional groups attached to an aromatic ring is 1. The summed E-state index contributed by atoms with van der Waals surface area (Å²) in [6, 6.07) is 5.39. The van der Waals surface area contributed by atoms with Crippen molar-refractivity contribution in [3.05, 3.63) is 77.6 Å². The van der Waals surface area contributed by atoms with Gasteiger partial charge in [0.05, 0.1) is 17.5 Å². The number of rotatable bonds is 8. The lowest BCUT2D eigenvalue weighted by Gasteiger charge is -2.45. The first-order chi connectivity index (χ1) is 23.1. The molecule has 3 aromatic rings. The molecule has 254 valence electrons. The molecule has 49 heavy (non-hydrogen) atoms. The number of amides is 5. The van der Waals surface area contributed by atoms with Crippen LogP contribution in [0, 0.1) is 17.8 Å². The van der Waals surface area contributed by atoms with Crippen LogP contribution in [0.15, 0.2) is 60.9 Å². The Morgan fingerprint density at radius 1 is 1.00 bits per heavy atom. The van der Waals surface area contributed by atoms with Crippen molar-refractivity contribution >= 4 is 41.3 Å². The van der Waals surface area contributed by atoms with E-state index < -0.39 is 71.3 Å². The number of aromatic nitrogens is 2. The molecule has 6 rings (SSSR count). The first-order valence-electron chi connectivity index (χ1n) is 15.1. The molecule has 4 N–H and O–H groups in total. The van der Waals surface area contributed by atoms with Crippen molar-refractivity contribution in [2.75, 3.05) is 5.73 Å². The number of likely N-dealkylation sites (tertiary alicyclic amines) is 2. The largest absolute Gasteiger partial charge is 0.480 e. The monoisotopic (exact) mass is 678 g/mol. The van der Waals surface area contributed by atoms with E-state index in [0.29, 0.717) is 22.4 Å². The quantitative estimate of drug-likeness (QED) is 0.299. The summed E-state index contributed by atoms with van der Waals surface area (Å²) >= 11 is 0. The van der Waals surface area contributed by atoms with E-state index in [-0.39, 0.29) is 34.9 Å². The van der Waals surface area contributed by atoms with Gasteiger partial charge in [-0.3, -0.25) is 29.1 Å². The molecule has 1 aliphatic carbocycles. The fourth-order valence-electron chi connectivity index (χ4n) is 6.98. The van der Waals surface area contributed by atoms with Crippen molar-refractivity contribution in [1.82, 2.24) is 25.1 Å². The van der Waals surface area contributed by atoms with Gasteiger partial charge < -0.3 is 16.2 Å². The van der Waals surface area contributed by atoms with E-state index in [0.717, 1.165) is 17.0 Å². The number of benzene rings is 1. The third-order valence-electron chi connectivity index (χ3n) is 9.49. The Kier molecular flexibility index (Phi) is 7.99. The van der Waals surface area contributed by atoms with Gasteiger partial charge in [0.15, 0.2) is 17.9 Å². The number of nitrogens with one attached hydrogen (secondary N) is 1. The van der Waals surface area contributed by atoms with E-state index >= 15 is 0 Å². The highest BCUT2D eigenvalue weighted by Crippen LogP contribution is 2.58. The van der Waals surface area contributed by atoms with Crippen molar-refractivity contribution < 1.29 is 47.0 Å². The van der Waals surface area contributed by atoms with Crippen LogP contribution in [0.3, 0.4) is 0 Å². The summed E-state index contributed by atoms with van der Waals surface area (Å²) in [5.74, 6) is -5.79. The predicted molar refractivity (Wildman–Crippen MR) is 163 cm³/mol. The summed E-state index contributed by atoms with van der Waals surface area (Å²) in [5.41, 5.74) is 6.05. The van der Waals surface area contributed by atoms with Crippen LogP contribution in [-0.2, 0) is 36.8 Å². The lowest BCUT2D eigenvalue weighted by atomic mass is 9.78. The van der Waals surface area contributed by atoms with E-state index in [1.807, 2.05) is 0 Å². The standard InChI is InChI=1S/C33H29F3N6O7/c1-15-27(44)32(15)22(29(46)42(32)16(2)43)12-18-3-8-23(39-14-18)19-4-6-20(7-5-19)26(33(34,35)36)40-31(49)41-25(30(47)48)21(28(41)45)11-17-9-10-38-24(37)13-17/h3-10,13-15,21-22,25-26H,11-12H2,1-2H3,(H2,37,38)(H,40,49)(H,47,48)/t15?,21-,22+,25+,26+,32?/m1/s1. The second-order valence-corrected chi connectivity index (χ2v) is 12.3. The number of imide groups is 2. The second-order valence-electron chi connectivity index (χ2n) is 12.3. The Balaban J connectivity index is 1.13. The van der Waals surface area contributed by atoms with Crippen LogP contribution in [0.2, 0.25) is 0 Å². The van der Waals surface area contributed by atoms with Gasteiger partial charge >= 0.3 is 18.2 Å². The van der Waals surface area contributed by atoms with Crippen molar-refractivity contribution in [2.24, 2.45) is 17.8 Å². The lowest BCUT2D eigenvalue weighted by Crippen LogP contribution is -2.69. The minimum atomic E-state index is -5.01. The van der Waals surface area contributed by atoms with Crippen LogP contribution >= 0.6 is 0 Å². The van der Waals surface area contributed by atoms with Gasteiger partial charge in [-0.05, 0) is 47.7 Å².